The van der Waals surface area contributed by atoms with Crippen LogP contribution in [0, 0.1) is 13.8 Å². The summed E-state index contributed by atoms with van der Waals surface area (Å²) in [6.45, 7) is 3.38. The van der Waals surface area contributed by atoms with Gasteiger partial charge in [0.1, 0.15) is 5.75 Å². The van der Waals surface area contributed by atoms with Crippen molar-refractivity contribution in [3.05, 3.63) is 58.2 Å². The number of aryl methyl sites for hydroxylation is 2. The van der Waals surface area contributed by atoms with Gasteiger partial charge < -0.3 is 9.26 Å². The van der Waals surface area contributed by atoms with Crippen LogP contribution < -0.4 is 14.4 Å². The number of nitrogens with one attached hydrogen (secondary N) is 1. The van der Waals surface area contributed by atoms with Gasteiger partial charge in [-0.15, -0.1) is 0 Å². The van der Waals surface area contributed by atoms with Gasteiger partial charge in [-0.25, -0.2) is 8.42 Å². The zero-order valence-corrected chi connectivity index (χ0v) is 19.5. The van der Waals surface area contributed by atoms with Crippen molar-refractivity contribution >= 4 is 38.9 Å². The average molecular weight is 489 g/mol. The number of rotatable bonds is 6. The van der Waals surface area contributed by atoms with Crippen LogP contribution in [-0.4, -0.2) is 31.1 Å². The number of benzene rings is 2. The molecule has 1 aliphatic carbocycles. The monoisotopic (exact) mass is 488 g/mol. The standard InChI is InChI=1S/C22H21ClN4O5S/c1-12-3-6-15(8-16(12)23)26-33(29,30)19-9-18-17(7-13(19)2)27(21(28)11-31-18)10-20-24-22(32-25-20)14-4-5-14/h3,6-9,14,26H,4-5,10-11H2,1-2H3. The highest BCUT2D eigenvalue weighted by Crippen LogP contribution is 2.40. The van der Waals surface area contributed by atoms with E-state index in [4.69, 9.17) is 20.9 Å². The number of carbonyl (C=O) groups excluding carboxylic acids is 1. The molecule has 0 saturated heterocycles. The Labute approximate surface area is 195 Å². The van der Waals surface area contributed by atoms with Crippen molar-refractivity contribution in [1.82, 2.24) is 10.1 Å². The summed E-state index contributed by atoms with van der Waals surface area (Å²) < 4.78 is 39.6. The maximum absolute atomic E-state index is 13.1. The minimum atomic E-state index is -3.93. The molecule has 2 heterocycles. The van der Waals surface area contributed by atoms with Crippen molar-refractivity contribution in [3.8, 4) is 5.75 Å². The molecule has 0 bridgehead atoms. The molecule has 1 aliphatic heterocycles. The molecular weight excluding hydrogens is 468 g/mol. The first-order chi connectivity index (χ1) is 15.7. The maximum Gasteiger partial charge on any atom is 0.265 e. The number of anilines is 2. The van der Waals surface area contributed by atoms with Gasteiger partial charge >= 0.3 is 0 Å². The Hall–Kier alpha value is -3.11. The van der Waals surface area contributed by atoms with Crippen LogP contribution in [0.1, 0.15) is 41.6 Å². The van der Waals surface area contributed by atoms with E-state index in [2.05, 4.69) is 14.9 Å². The number of ether oxygens (including phenoxy) is 1. The third-order valence-corrected chi connectivity index (χ3v) is 7.55. The molecule has 11 heteroatoms. The van der Waals surface area contributed by atoms with Crippen molar-refractivity contribution < 1.29 is 22.5 Å². The summed E-state index contributed by atoms with van der Waals surface area (Å²) in [7, 11) is -3.93. The first-order valence-electron chi connectivity index (χ1n) is 10.4. The summed E-state index contributed by atoms with van der Waals surface area (Å²) >= 11 is 6.12. The largest absolute Gasteiger partial charge is 0.482 e. The highest BCUT2D eigenvalue weighted by atomic mass is 35.5. The van der Waals surface area contributed by atoms with Gasteiger partial charge in [0.2, 0.25) is 5.89 Å². The molecule has 0 unspecified atom stereocenters. The van der Waals surface area contributed by atoms with Gasteiger partial charge in [-0.2, -0.15) is 4.98 Å². The van der Waals surface area contributed by atoms with E-state index in [0.29, 0.717) is 39.6 Å². The first kappa shape index (κ1) is 21.7. The van der Waals surface area contributed by atoms with E-state index in [9.17, 15) is 13.2 Å². The molecule has 1 aromatic heterocycles. The molecule has 1 N–H and O–H groups in total. The first-order valence-corrected chi connectivity index (χ1v) is 12.3. The van der Waals surface area contributed by atoms with Crippen molar-refractivity contribution in [2.24, 2.45) is 0 Å². The van der Waals surface area contributed by atoms with Gasteiger partial charge in [0, 0.05) is 17.0 Å². The summed E-state index contributed by atoms with van der Waals surface area (Å²) in [6.07, 6.45) is 2.06. The molecule has 5 rings (SSSR count). The fourth-order valence-electron chi connectivity index (χ4n) is 3.63. The Balaban J connectivity index is 1.44. The van der Waals surface area contributed by atoms with E-state index in [1.54, 1.807) is 31.2 Å². The van der Waals surface area contributed by atoms with Gasteiger partial charge in [0.05, 0.1) is 22.8 Å². The molecule has 0 spiro atoms. The van der Waals surface area contributed by atoms with Crippen LogP contribution >= 0.6 is 11.6 Å². The molecule has 1 amide bonds. The van der Waals surface area contributed by atoms with E-state index < -0.39 is 10.0 Å². The molecule has 9 nitrogen and oxygen atoms in total. The summed E-state index contributed by atoms with van der Waals surface area (Å²) in [5.74, 6) is 1.30. The second kappa shape index (κ2) is 8.03. The fraction of sp³-hybridized carbons (Fsp3) is 0.318. The van der Waals surface area contributed by atoms with Crippen LogP contribution in [0.15, 0.2) is 39.8 Å². The SMILES string of the molecule is Cc1ccc(NS(=O)(=O)c2cc3c(cc2C)N(Cc2noc(C4CC4)n2)C(=O)CO3)cc1Cl. The average Bonchev–Trinajstić information content (AvgIpc) is 3.51. The van der Waals surface area contributed by atoms with Crippen LogP contribution in [0.25, 0.3) is 0 Å². The number of hydrogen-bond donors (Lipinski definition) is 1. The Morgan fingerprint density at radius 2 is 1.97 bits per heavy atom. The number of halogens is 1. The van der Waals surface area contributed by atoms with Crippen molar-refractivity contribution in [2.45, 2.75) is 44.0 Å². The second-order valence-electron chi connectivity index (χ2n) is 8.25. The van der Waals surface area contributed by atoms with Crippen LogP contribution in [0.5, 0.6) is 5.75 Å². The molecule has 0 atom stereocenters. The van der Waals surface area contributed by atoms with E-state index >= 15 is 0 Å². The van der Waals surface area contributed by atoms with Gasteiger partial charge in [-0.05, 0) is 56.0 Å². The highest BCUT2D eigenvalue weighted by molar-refractivity contribution is 7.92. The summed E-state index contributed by atoms with van der Waals surface area (Å²) in [5.41, 5.74) is 2.10. The summed E-state index contributed by atoms with van der Waals surface area (Å²) in [6, 6.07) is 7.97. The molecule has 2 aromatic carbocycles. The smallest absolute Gasteiger partial charge is 0.265 e. The number of aromatic nitrogens is 2. The van der Waals surface area contributed by atoms with Crippen molar-refractivity contribution in [2.75, 3.05) is 16.2 Å². The Bertz CT molecular complexity index is 1370. The molecule has 0 radical (unpaired) electrons. The second-order valence-corrected chi connectivity index (χ2v) is 10.3. The van der Waals surface area contributed by atoms with Crippen LogP contribution in [0.3, 0.4) is 0 Å². The molecule has 3 aromatic rings. The quantitative estimate of drug-likeness (QED) is 0.558. The van der Waals surface area contributed by atoms with Crippen molar-refractivity contribution in [1.29, 1.82) is 0 Å². The summed E-state index contributed by atoms with van der Waals surface area (Å²) in [5, 5.41) is 4.44. The minimum absolute atomic E-state index is 0.0443. The molecule has 33 heavy (non-hydrogen) atoms. The lowest BCUT2D eigenvalue weighted by molar-refractivity contribution is -0.121. The van der Waals surface area contributed by atoms with E-state index in [1.165, 1.54) is 11.0 Å². The number of sulfonamides is 1. The predicted octanol–water partition coefficient (Wildman–Crippen LogP) is 3.94. The maximum atomic E-state index is 13.1. The molecule has 172 valence electrons. The Morgan fingerprint density at radius 3 is 2.70 bits per heavy atom. The van der Waals surface area contributed by atoms with Gasteiger partial charge in [0.15, 0.2) is 12.4 Å². The van der Waals surface area contributed by atoms with Gasteiger partial charge in [0.25, 0.3) is 15.9 Å². The lowest BCUT2D eigenvalue weighted by Gasteiger charge is -2.29. The molecular formula is C22H21ClN4O5S. The number of nitrogens with zero attached hydrogens (tertiary/aromatic N) is 3. The van der Waals surface area contributed by atoms with Crippen molar-refractivity contribution in [3.63, 3.8) is 0 Å². The minimum Gasteiger partial charge on any atom is -0.482 e. The normalized spacial score (nSPS) is 15.8. The fourth-order valence-corrected chi connectivity index (χ4v) is 5.10. The lowest BCUT2D eigenvalue weighted by atomic mass is 10.1. The number of carbonyl (C=O) groups is 1. The summed E-state index contributed by atoms with van der Waals surface area (Å²) in [4.78, 5) is 18.5. The van der Waals surface area contributed by atoms with Crippen LogP contribution in [-0.2, 0) is 21.4 Å². The topological polar surface area (TPSA) is 115 Å². The lowest BCUT2D eigenvalue weighted by Crippen LogP contribution is -2.38. The number of amides is 1. The zero-order chi connectivity index (χ0) is 23.3. The zero-order valence-electron chi connectivity index (χ0n) is 18.0. The van der Waals surface area contributed by atoms with Crippen LogP contribution in [0.2, 0.25) is 5.02 Å². The number of hydrogen-bond acceptors (Lipinski definition) is 7. The molecule has 2 aliphatic rings. The van der Waals surface area contributed by atoms with Crippen LogP contribution in [0.4, 0.5) is 11.4 Å². The highest BCUT2D eigenvalue weighted by Gasteiger charge is 2.32. The predicted molar refractivity (Wildman–Crippen MR) is 121 cm³/mol. The number of fused-ring (bicyclic) bond motifs is 1. The Kier molecular flexibility index (Phi) is 5.29. The third-order valence-electron chi connectivity index (χ3n) is 5.62. The van der Waals surface area contributed by atoms with E-state index in [-0.39, 0.29) is 29.7 Å². The molecule has 1 fully saturated rings. The van der Waals surface area contributed by atoms with E-state index in [0.717, 1.165) is 18.4 Å². The Morgan fingerprint density at radius 1 is 1.18 bits per heavy atom. The third kappa shape index (κ3) is 4.28. The van der Waals surface area contributed by atoms with Gasteiger partial charge in [-0.1, -0.05) is 22.8 Å². The molecule has 1 saturated carbocycles. The van der Waals surface area contributed by atoms with Gasteiger partial charge in [-0.3, -0.25) is 14.4 Å². The van der Waals surface area contributed by atoms with E-state index in [1.807, 2.05) is 6.92 Å².